The van der Waals surface area contributed by atoms with E-state index < -0.39 is 5.97 Å². The summed E-state index contributed by atoms with van der Waals surface area (Å²) in [4.78, 5) is 10.3. The Hall–Kier alpha value is -1.22. The minimum Gasteiger partial charge on any atom is -0.481 e. The fourth-order valence-electron chi connectivity index (χ4n) is 1.04. The Balaban J connectivity index is 2.72. The summed E-state index contributed by atoms with van der Waals surface area (Å²) in [6, 6.07) is 5.08. The molecule has 70 valence electrons. The molecule has 0 amide bonds. The SMILES string of the molecule is Nc1cc(Cl)ccc1CCC(=O)O. The Labute approximate surface area is 81.1 Å². The smallest absolute Gasteiger partial charge is 0.303 e. The normalized spacial score (nSPS) is 9.92. The van der Waals surface area contributed by atoms with Crippen molar-refractivity contribution in [3.8, 4) is 0 Å². The van der Waals surface area contributed by atoms with Gasteiger partial charge in [0.05, 0.1) is 0 Å². The van der Waals surface area contributed by atoms with Crippen LogP contribution in [0, 0.1) is 0 Å². The van der Waals surface area contributed by atoms with Gasteiger partial charge in [0.1, 0.15) is 0 Å². The molecule has 0 aliphatic heterocycles. The van der Waals surface area contributed by atoms with Crippen LogP contribution in [0.25, 0.3) is 0 Å². The van der Waals surface area contributed by atoms with Gasteiger partial charge < -0.3 is 10.8 Å². The van der Waals surface area contributed by atoms with E-state index in [2.05, 4.69) is 0 Å². The van der Waals surface area contributed by atoms with Crippen molar-refractivity contribution < 1.29 is 9.90 Å². The predicted molar refractivity (Wildman–Crippen MR) is 51.8 cm³/mol. The first kappa shape index (κ1) is 9.86. The summed E-state index contributed by atoms with van der Waals surface area (Å²) < 4.78 is 0. The molecule has 1 aromatic rings. The Morgan fingerprint density at radius 1 is 1.54 bits per heavy atom. The highest BCUT2D eigenvalue weighted by Gasteiger charge is 2.02. The third kappa shape index (κ3) is 2.95. The lowest BCUT2D eigenvalue weighted by atomic mass is 10.1. The van der Waals surface area contributed by atoms with Gasteiger partial charge in [0, 0.05) is 17.1 Å². The van der Waals surface area contributed by atoms with E-state index in [1.165, 1.54) is 0 Å². The second-order valence-electron chi connectivity index (χ2n) is 2.74. The molecule has 0 aromatic heterocycles. The minimum atomic E-state index is -0.825. The van der Waals surface area contributed by atoms with Crippen molar-refractivity contribution in [1.29, 1.82) is 0 Å². The standard InChI is InChI=1S/C9H10ClNO2/c10-7-3-1-6(8(11)5-7)2-4-9(12)13/h1,3,5H,2,4,11H2,(H,12,13). The van der Waals surface area contributed by atoms with Crippen LogP contribution in [0.2, 0.25) is 5.02 Å². The Kier molecular flexibility index (Phi) is 3.14. The molecule has 3 N–H and O–H groups in total. The summed E-state index contributed by atoms with van der Waals surface area (Å²) in [5, 5.41) is 9.02. The van der Waals surface area contributed by atoms with E-state index in [0.29, 0.717) is 17.1 Å². The molecule has 0 radical (unpaired) electrons. The average molecular weight is 200 g/mol. The van der Waals surface area contributed by atoms with Crippen molar-refractivity contribution >= 4 is 23.3 Å². The van der Waals surface area contributed by atoms with E-state index in [9.17, 15) is 4.79 Å². The topological polar surface area (TPSA) is 63.3 Å². The van der Waals surface area contributed by atoms with Crippen LogP contribution in [0.5, 0.6) is 0 Å². The van der Waals surface area contributed by atoms with Gasteiger partial charge in [-0.3, -0.25) is 4.79 Å². The monoisotopic (exact) mass is 199 g/mol. The van der Waals surface area contributed by atoms with Crippen molar-refractivity contribution in [2.75, 3.05) is 5.73 Å². The molecule has 0 heterocycles. The van der Waals surface area contributed by atoms with Crippen LogP contribution in [0.1, 0.15) is 12.0 Å². The summed E-state index contributed by atoms with van der Waals surface area (Å²) in [5.74, 6) is -0.825. The summed E-state index contributed by atoms with van der Waals surface area (Å²) in [6.45, 7) is 0. The summed E-state index contributed by atoms with van der Waals surface area (Å²) in [5.41, 5.74) is 7.01. The number of carboxylic acids is 1. The van der Waals surface area contributed by atoms with Gasteiger partial charge in [-0.25, -0.2) is 0 Å². The lowest BCUT2D eigenvalue weighted by molar-refractivity contribution is -0.136. The molecule has 1 rings (SSSR count). The number of benzene rings is 1. The fraction of sp³-hybridized carbons (Fsp3) is 0.222. The molecule has 4 heteroatoms. The van der Waals surface area contributed by atoms with Gasteiger partial charge in [0.15, 0.2) is 0 Å². The summed E-state index contributed by atoms with van der Waals surface area (Å²) >= 11 is 5.68. The van der Waals surface area contributed by atoms with E-state index in [4.69, 9.17) is 22.4 Å². The van der Waals surface area contributed by atoms with Crippen LogP contribution in [0.3, 0.4) is 0 Å². The minimum absolute atomic E-state index is 0.0891. The first-order valence-electron chi connectivity index (χ1n) is 3.85. The van der Waals surface area contributed by atoms with Crippen LogP contribution < -0.4 is 5.73 Å². The maximum Gasteiger partial charge on any atom is 0.303 e. The van der Waals surface area contributed by atoms with Gasteiger partial charge in [0.25, 0.3) is 0 Å². The highest BCUT2D eigenvalue weighted by Crippen LogP contribution is 2.19. The van der Waals surface area contributed by atoms with E-state index in [-0.39, 0.29) is 6.42 Å². The molecular formula is C9H10ClNO2. The van der Waals surface area contributed by atoms with Crippen molar-refractivity contribution in [3.63, 3.8) is 0 Å². The molecule has 0 aliphatic rings. The van der Waals surface area contributed by atoms with Crippen LogP contribution in [0.15, 0.2) is 18.2 Å². The Bertz CT molecular complexity index is 325. The number of rotatable bonds is 3. The van der Waals surface area contributed by atoms with Crippen LogP contribution >= 0.6 is 11.6 Å². The van der Waals surface area contributed by atoms with Gasteiger partial charge in [-0.15, -0.1) is 0 Å². The fourth-order valence-corrected chi connectivity index (χ4v) is 1.22. The second kappa shape index (κ2) is 4.14. The van der Waals surface area contributed by atoms with Crippen LogP contribution in [0.4, 0.5) is 5.69 Å². The molecule has 0 unspecified atom stereocenters. The zero-order chi connectivity index (χ0) is 9.84. The number of nitrogen functional groups attached to an aromatic ring is 1. The molecule has 0 bridgehead atoms. The number of carboxylic acid groups (broad SMARTS) is 1. The van der Waals surface area contributed by atoms with E-state index >= 15 is 0 Å². The summed E-state index contributed by atoms with van der Waals surface area (Å²) in [6.07, 6.45) is 0.532. The number of nitrogens with two attached hydrogens (primary N) is 1. The zero-order valence-corrected chi connectivity index (χ0v) is 7.71. The largest absolute Gasteiger partial charge is 0.481 e. The number of halogens is 1. The van der Waals surface area contributed by atoms with Gasteiger partial charge in [-0.05, 0) is 24.1 Å². The van der Waals surface area contributed by atoms with Gasteiger partial charge >= 0.3 is 5.97 Å². The molecule has 0 spiro atoms. The Morgan fingerprint density at radius 3 is 2.77 bits per heavy atom. The number of hydrogen-bond donors (Lipinski definition) is 2. The summed E-state index contributed by atoms with van der Waals surface area (Å²) in [7, 11) is 0. The molecule has 0 atom stereocenters. The van der Waals surface area contributed by atoms with Crippen LogP contribution in [-0.2, 0) is 11.2 Å². The lowest BCUT2D eigenvalue weighted by Gasteiger charge is -2.03. The number of anilines is 1. The van der Waals surface area contributed by atoms with Gasteiger partial charge in [0.2, 0.25) is 0 Å². The van der Waals surface area contributed by atoms with Crippen molar-refractivity contribution in [1.82, 2.24) is 0 Å². The first-order chi connectivity index (χ1) is 6.09. The second-order valence-corrected chi connectivity index (χ2v) is 3.17. The predicted octanol–water partition coefficient (Wildman–Crippen LogP) is 1.94. The van der Waals surface area contributed by atoms with E-state index in [1.807, 2.05) is 0 Å². The lowest BCUT2D eigenvalue weighted by Crippen LogP contribution is -2.00. The van der Waals surface area contributed by atoms with E-state index in [0.717, 1.165) is 5.56 Å². The van der Waals surface area contributed by atoms with Gasteiger partial charge in [-0.1, -0.05) is 17.7 Å². The molecule has 0 fully saturated rings. The zero-order valence-electron chi connectivity index (χ0n) is 6.96. The molecule has 1 aromatic carbocycles. The molecule has 0 saturated carbocycles. The van der Waals surface area contributed by atoms with Crippen molar-refractivity contribution in [3.05, 3.63) is 28.8 Å². The average Bonchev–Trinajstić information content (AvgIpc) is 2.02. The number of carbonyl (C=O) groups is 1. The third-order valence-electron chi connectivity index (χ3n) is 1.72. The highest BCUT2D eigenvalue weighted by molar-refractivity contribution is 6.30. The van der Waals surface area contributed by atoms with Gasteiger partial charge in [-0.2, -0.15) is 0 Å². The molecule has 3 nitrogen and oxygen atoms in total. The first-order valence-corrected chi connectivity index (χ1v) is 4.23. The maximum atomic E-state index is 10.3. The van der Waals surface area contributed by atoms with Crippen molar-refractivity contribution in [2.45, 2.75) is 12.8 Å². The number of aryl methyl sites for hydroxylation is 1. The number of hydrogen-bond acceptors (Lipinski definition) is 2. The Morgan fingerprint density at radius 2 is 2.23 bits per heavy atom. The number of aliphatic carboxylic acids is 1. The highest BCUT2D eigenvalue weighted by atomic mass is 35.5. The third-order valence-corrected chi connectivity index (χ3v) is 1.95. The van der Waals surface area contributed by atoms with Crippen LogP contribution in [-0.4, -0.2) is 11.1 Å². The van der Waals surface area contributed by atoms with E-state index in [1.54, 1.807) is 18.2 Å². The molecule has 13 heavy (non-hydrogen) atoms. The molecular weight excluding hydrogens is 190 g/mol. The van der Waals surface area contributed by atoms with Crippen molar-refractivity contribution in [2.24, 2.45) is 0 Å². The maximum absolute atomic E-state index is 10.3. The molecule has 0 saturated heterocycles. The quantitative estimate of drug-likeness (QED) is 0.732. The molecule has 0 aliphatic carbocycles.